The Morgan fingerprint density at radius 1 is 1.42 bits per heavy atom. The van der Waals surface area contributed by atoms with Crippen LogP contribution >= 0.6 is 0 Å². The van der Waals surface area contributed by atoms with E-state index >= 15 is 0 Å². The number of amidine groups is 1. The Labute approximate surface area is 141 Å². The summed E-state index contributed by atoms with van der Waals surface area (Å²) >= 11 is 0. The van der Waals surface area contributed by atoms with Crippen molar-refractivity contribution in [2.75, 3.05) is 26.2 Å². The van der Waals surface area contributed by atoms with Gasteiger partial charge in [0.05, 0.1) is 24.2 Å². The summed E-state index contributed by atoms with van der Waals surface area (Å²) in [5.41, 5.74) is 0.558. The molecule has 1 aromatic carbocycles. The van der Waals surface area contributed by atoms with E-state index in [0.717, 1.165) is 6.42 Å². The minimum absolute atomic E-state index is 0.0234. The lowest BCUT2D eigenvalue weighted by molar-refractivity contribution is -0.138. The molecule has 0 saturated carbocycles. The van der Waals surface area contributed by atoms with E-state index < -0.39 is 10.0 Å². The van der Waals surface area contributed by atoms with Crippen molar-refractivity contribution in [3.63, 3.8) is 0 Å². The molecule has 8 heteroatoms. The molecular formula is C16H21N3O4S. The predicted octanol–water partition coefficient (Wildman–Crippen LogP) is 0.753. The zero-order valence-corrected chi connectivity index (χ0v) is 14.4. The van der Waals surface area contributed by atoms with E-state index in [-0.39, 0.29) is 29.9 Å². The Kier molecular flexibility index (Phi) is 4.86. The van der Waals surface area contributed by atoms with Gasteiger partial charge in [-0.1, -0.05) is 19.1 Å². The summed E-state index contributed by atoms with van der Waals surface area (Å²) in [7, 11) is -3.53. The smallest absolute Gasteiger partial charge is 0.263 e. The highest BCUT2D eigenvalue weighted by molar-refractivity contribution is 7.90. The highest BCUT2D eigenvalue weighted by atomic mass is 32.2. The number of carbonyl (C=O) groups is 1. The van der Waals surface area contributed by atoms with Crippen LogP contribution in [0.25, 0.3) is 0 Å². The van der Waals surface area contributed by atoms with Crippen molar-refractivity contribution in [1.29, 1.82) is 0 Å². The van der Waals surface area contributed by atoms with Crippen molar-refractivity contribution in [3.05, 3.63) is 29.8 Å². The first kappa shape index (κ1) is 16.9. The van der Waals surface area contributed by atoms with Gasteiger partial charge >= 0.3 is 0 Å². The van der Waals surface area contributed by atoms with Gasteiger partial charge in [-0.05, 0) is 18.6 Å². The van der Waals surface area contributed by atoms with Crippen LogP contribution < -0.4 is 4.72 Å². The first-order valence-corrected chi connectivity index (χ1v) is 9.55. The second kappa shape index (κ2) is 6.90. The molecular weight excluding hydrogens is 330 g/mol. The summed E-state index contributed by atoms with van der Waals surface area (Å²) in [5.74, 6) is 0.335. The summed E-state index contributed by atoms with van der Waals surface area (Å²) in [6.45, 7) is 4.06. The fourth-order valence-corrected chi connectivity index (χ4v) is 4.12. The van der Waals surface area contributed by atoms with Crippen LogP contribution in [0, 0.1) is 0 Å². The van der Waals surface area contributed by atoms with Gasteiger partial charge in [-0.25, -0.2) is 8.42 Å². The molecule has 0 aromatic heterocycles. The number of nitrogens with zero attached hydrogens (tertiary/aromatic N) is 2. The van der Waals surface area contributed by atoms with E-state index in [9.17, 15) is 13.2 Å². The molecule has 0 radical (unpaired) electrons. The van der Waals surface area contributed by atoms with Crippen LogP contribution in [0.2, 0.25) is 0 Å². The fraction of sp³-hybridized carbons (Fsp3) is 0.500. The summed E-state index contributed by atoms with van der Waals surface area (Å²) in [5, 5.41) is 0. The number of fused-ring (bicyclic) bond motifs is 1. The monoisotopic (exact) mass is 351 g/mol. The van der Waals surface area contributed by atoms with E-state index in [4.69, 9.17) is 4.74 Å². The van der Waals surface area contributed by atoms with Crippen LogP contribution in [0.3, 0.4) is 0 Å². The van der Waals surface area contributed by atoms with E-state index in [0.29, 0.717) is 31.1 Å². The molecule has 130 valence electrons. The van der Waals surface area contributed by atoms with Crippen molar-refractivity contribution < 1.29 is 17.9 Å². The van der Waals surface area contributed by atoms with Crippen molar-refractivity contribution in [2.24, 2.45) is 4.99 Å². The first-order valence-electron chi connectivity index (χ1n) is 8.07. The van der Waals surface area contributed by atoms with Gasteiger partial charge in [0.25, 0.3) is 10.0 Å². The highest BCUT2D eigenvalue weighted by Crippen LogP contribution is 2.22. The van der Waals surface area contributed by atoms with Crippen molar-refractivity contribution >= 4 is 21.8 Å². The quantitative estimate of drug-likeness (QED) is 0.867. The summed E-state index contributed by atoms with van der Waals surface area (Å²) in [4.78, 5) is 18.6. The maximum Gasteiger partial charge on any atom is 0.263 e. The van der Waals surface area contributed by atoms with Gasteiger partial charge in [-0.2, -0.15) is 0 Å². The average molecular weight is 351 g/mol. The Hall–Kier alpha value is -1.93. The summed E-state index contributed by atoms with van der Waals surface area (Å²) < 4.78 is 32.0. The van der Waals surface area contributed by atoms with E-state index in [2.05, 4.69) is 9.71 Å². The molecule has 2 aliphatic heterocycles. The van der Waals surface area contributed by atoms with Gasteiger partial charge in [0.1, 0.15) is 5.84 Å². The third kappa shape index (κ3) is 3.44. The SMILES string of the molecule is CC[C@@H]1CN(C(=O)CCN=C2NS(=O)(=O)c3ccccc32)CCO1. The third-order valence-electron chi connectivity index (χ3n) is 4.21. The van der Waals surface area contributed by atoms with Crippen molar-refractivity contribution in [3.8, 4) is 0 Å². The molecule has 7 nitrogen and oxygen atoms in total. The first-order chi connectivity index (χ1) is 11.5. The molecule has 0 unspecified atom stereocenters. The predicted molar refractivity (Wildman–Crippen MR) is 89.4 cm³/mol. The van der Waals surface area contributed by atoms with E-state index in [1.54, 1.807) is 29.2 Å². The largest absolute Gasteiger partial charge is 0.375 e. The van der Waals surface area contributed by atoms with Crippen LogP contribution in [0.4, 0.5) is 0 Å². The highest BCUT2D eigenvalue weighted by Gasteiger charge is 2.30. The lowest BCUT2D eigenvalue weighted by Crippen LogP contribution is -2.45. The van der Waals surface area contributed by atoms with Crippen LogP contribution in [-0.2, 0) is 19.6 Å². The van der Waals surface area contributed by atoms with Crippen LogP contribution in [0.5, 0.6) is 0 Å². The van der Waals surface area contributed by atoms with E-state index in [1.165, 1.54) is 0 Å². The summed E-state index contributed by atoms with van der Waals surface area (Å²) in [6.07, 6.45) is 1.23. The van der Waals surface area contributed by atoms with Crippen LogP contribution in [0.15, 0.2) is 34.2 Å². The molecule has 0 bridgehead atoms. The zero-order valence-electron chi connectivity index (χ0n) is 13.6. The molecule has 0 aliphatic carbocycles. The Balaban J connectivity index is 1.62. The number of hydrogen-bond acceptors (Lipinski definition) is 5. The van der Waals surface area contributed by atoms with Crippen LogP contribution in [-0.4, -0.2) is 57.4 Å². The van der Waals surface area contributed by atoms with Crippen molar-refractivity contribution in [1.82, 2.24) is 9.62 Å². The second-order valence-electron chi connectivity index (χ2n) is 5.82. The number of ether oxygens (including phenoxy) is 1. The zero-order chi connectivity index (χ0) is 17.2. The standard InChI is InChI=1S/C16H21N3O4S/c1-2-12-11-19(9-10-23-12)15(20)7-8-17-16-13-5-3-4-6-14(13)24(21,22)18-16/h3-6,12H,2,7-11H2,1H3,(H,17,18)/t12-/m1/s1. The second-order valence-corrected chi connectivity index (χ2v) is 7.47. The van der Waals surface area contributed by atoms with Gasteiger partial charge in [0, 0.05) is 25.1 Å². The number of hydrogen-bond donors (Lipinski definition) is 1. The summed E-state index contributed by atoms with van der Waals surface area (Å²) in [6, 6.07) is 6.69. The number of amides is 1. The maximum absolute atomic E-state index is 12.3. The molecule has 1 saturated heterocycles. The third-order valence-corrected chi connectivity index (χ3v) is 5.60. The van der Waals surface area contributed by atoms with Gasteiger partial charge in [-0.15, -0.1) is 0 Å². The molecule has 1 aromatic rings. The van der Waals surface area contributed by atoms with E-state index in [1.807, 2.05) is 6.92 Å². The normalized spacial score (nSPS) is 23.8. The number of benzene rings is 1. The number of carbonyl (C=O) groups excluding carboxylic acids is 1. The van der Waals surface area contributed by atoms with Gasteiger partial charge < -0.3 is 9.64 Å². The molecule has 2 aliphatic rings. The Morgan fingerprint density at radius 2 is 2.21 bits per heavy atom. The maximum atomic E-state index is 12.3. The van der Waals surface area contributed by atoms with Gasteiger partial charge in [0.2, 0.25) is 5.91 Å². The molecule has 3 rings (SSSR count). The van der Waals surface area contributed by atoms with Crippen molar-refractivity contribution in [2.45, 2.75) is 30.8 Å². The Bertz CT molecular complexity index is 760. The average Bonchev–Trinajstić information content (AvgIpc) is 2.86. The Morgan fingerprint density at radius 3 is 3.00 bits per heavy atom. The molecule has 1 N–H and O–H groups in total. The molecule has 1 atom stereocenters. The topological polar surface area (TPSA) is 88.1 Å². The molecule has 0 spiro atoms. The molecule has 2 heterocycles. The number of nitrogens with one attached hydrogen (secondary N) is 1. The minimum Gasteiger partial charge on any atom is -0.375 e. The number of morpholine rings is 1. The number of rotatable bonds is 4. The number of sulfonamides is 1. The van der Waals surface area contributed by atoms with Gasteiger partial charge in [0.15, 0.2) is 0 Å². The van der Waals surface area contributed by atoms with Crippen LogP contribution in [0.1, 0.15) is 25.3 Å². The fourth-order valence-electron chi connectivity index (χ4n) is 2.87. The van der Waals surface area contributed by atoms with Gasteiger partial charge in [-0.3, -0.25) is 14.5 Å². The molecule has 24 heavy (non-hydrogen) atoms. The minimum atomic E-state index is -3.53. The molecule has 1 fully saturated rings. The molecule has 1 amide bonds. The lowest BCUT2D eigenvalue weighted by atomic mass is 10.2. The lowest BCUT2D eigenvalue weighted by Gasteiger charge is -2.32. The number of aliphatic imine (C=N–C) groups is 1.